The Hall–Kier alpha value is -2.28. The zero-order valence-electron chi connectivity index (χ0n) is 14.7. The number of hydrogen-bond donors (Lipinski definition) is 1. The van der Waals surface area contributed by atoms with Gasteiger partial charge < -0.3 is 24.8 Å². The molecule has 2 heterocycles. The Kier molecular flexibility index (Phi) is 5.75. The number of nitrogens with zero attached hydrogens (tertiary/aromatic N) is 3. The van der Waals surface area contributed by atoms with E-state index in [4.69, 9.17) is 4.74 Å². The molecule has 0 radical (unpaired) electrons. The van der Waals surface area contributed by atoms with E-state index in [0.29, 0.717) is 59.0 Å². The second-order valence-corrected chi connectivity index (χ2v) is 6.50. The standard InChI is InChI=1S/C18H26N4O3/c1-15-2-4-16(5-3-15)14-19-17(23)20-6-8-21(9-7-20)18(24)22-10-12-25-13-11-22/h2-5H,6-14H2,1H3,(H,19,23). The SMILES string of the molecule is Cc1ccc(CNC(=O)N2CCN(C(=O)N3CCOCC3)CC2)cc1. The molecule has 4 amide bonds. The van der Waals surface area contributed by atoms with Crippen molar-refractivity contribution in [1.82, 2.24) is 20.0 Å². The molecular formula is C18H26N4O3. The number of aryl methyl sites for hydroxylation is 1. The normalized spacial score (nSPS) is 18.2. The highest BCUT2D eigenvalue weighted by Crippen LogP contribution is 2.09. The molecule has 2 saturated heterocycles. The number of amides is 4. The summed E-state index contributed by atoms with van der Waals surface area (Å²) in [5.41, 5.74) is 2.29. The van der Waals surface area contributed by atoms with Gasteiger partial charge in [-0.1, -0.05) is 29.8 Å². The first-order valence-corrected chi connectivity index (χ1v) is 8.83. The van der Waals surface area contributed by atoms with Crippen LogP contribution in [0.3, 0.4) is 0 Å². The Bertz CT molecular complexity index is 591. The lowest BCUT2D eigenvalue weighted by molar-refractivity contribution is 0.0392. The lowest BCUT2D eigenvalue weighted by Gasteiger charge is -2.38. The Labute approximate surface area is 148 Å². The maximum Gasteiger partial charge on any atom is 0.320 e. The molecule has 2 fully saturated rings. The molecule has 1 aromatic carbocycles. The summed E-state index contributed by atoms with van der Waals surface area (Å²) in [5.74, 6) is 0. The van der Waals surface area contributed by atoms with Gasteiger partial charge in [-0.15, -0.1) is 0 Å². The summed E-state index contributed by atoms with van der Waals surface area (Å²) in [5, 5.41) is 2.95. The van der Waals surface area contributed by atoms with Crippen LogP contribution in [-0.2, 0) is 11.3 Å². The van der Waals surface area contributed by atoms with Crippen molar-refractivity contribution < 1.29 is 14.3 Å². The number of urea groups is 2. The molecule has 7 heteroatoms. The average molecular weight is 346 g/mol. The van der Waals surface area contributed by atoms with Crippen LogP contribution < -0.4 is 5.32 Å². The number of carbonyl (C=O) groups excluding carboxylic acids is 2. The third kappa shape index (κ3) is 4.63. The van der Waals surface area contributed by atoms with Crippen molar-refractivity contribution in [2.24, 2.45) is 0 Å². The molecular weight excluding hydrogens is 320 g/mol. The Morgan fingerprint density at radius 3 is 2.12 bits per heavy atom. The van der Waals surface area contributed by atoms with Crippen molar-refractivity contribution in [3.63, 3.8) is 0 Å². The fourth-order valence-electron chi connectivity index (χ4n) is 3.05. The zero-order chi connectivity index (χ0) is 17.6. The lowest BCUT2D eigenvalue weighted by atomic mass is 10.1. The largest absolute Gasteiger partial charge is 0.378 e. The van der Waals surface area contributed by atoms with Crippen molar-refractivity contribution in [3.8, 4) is 0 Å². The monoisotopic (exact) mass is 346 g/mol. The number of hydrogen-bond acceptors (Lipinski definition) is 3. The summed E-state index contributed by atoms with van der Waals surface area (Å²) in [6.45, 7) is 7.35. The van der Waals surface area contributed by atoms with Gasteiger partial charge in [0.15, 0.2) is 0 Å². The molecule has 2 aliphatic heterocycles. The summed E-state index contributed by atoms with van der Waals surface area (Å²) < 4.78 is 5.28. The average Bonchev–Trinajstić information content (AvgIpc) is 2.67. The number of carbonyl (C=O) groups is 2. The molecule has 1 N–H and O–H groups in total. The van der Waals surface area contributed by atoms with Gasteiger partial charge in [-0.3, -0.25) is 0 Å². The molecule has 0 atom stereocenters. The van der Waals surface area contributed by atoms with E-state index in [1.807, 2.05) is 41.0 Å². The number of benzene rings is 1. The second-order valence-electron chi connectivity index (χ2n) is 6.50. The first kappa shape index (κ1) is 17.5. The minimum atomic E-state index is -0.0703. The van der Waals surface area contributed by atoms with Gasteiger partial charge in [0.1, 0.15) is 0 Å². The number of ether oxygens (including phenoxy) is 1. The van der Waals surface area contributed by atoms with Crippen molar-refractivity contribution in [3.05, 3.63) is 35.4 Å². The quantitative estimate of drug-likeness (QED) is 0.877. The predicted octanol–water partition coefficient (Wildman–Crippen LogP) is 1.27. The van der Waals surface area contributed by atoms with E-state index in [-0.39, 0.29) is 12.1 Å². The molecule has 2 aliphatic rings. The molecule has 0 unspecified atom stereocenters. The van der Waals surface area contributed by atoms with E-state index in [1.54, 1.807) is 4.90 Å². The van der Waals surface area contributed by atoms with Crippen molar-refractivity contribution in [2.45, 2.75) is 13.5 Å². The predicted molar refractivity (Wildman–Crippen MR) is 94.3 cm³/mol. The third-order valence-electron chi connectivity index (χ3n) is 4.68. The maximum atomic E-state index is 12.4. The smallest absolute Gasteiger partial charge is 0.320 e. The zero-order valence-corrected chi connectivity index (χ0v) is 14.7. The fraction of sp³-hybridized carbons (Fsp3) is 0.556. The Morgan fingerprint density at radius 2 is 1.48 bits per heavy atom. The van der Waals surface area contributed by atoms with Gasteiger partial charge in [-0.05, 0) is 12.5 Å². The van der Waals surface area contributed by atoms with E-state index < -0.39 is 0 Å². The van der Waals surface area contributed by atoms with Gasteiger partial charge in [0.25, 0.3) is 0 Å². The minimum absolute atomic E-state index is 0.0583. The van der Waals surface area contributed by atoms with Crippen LogP contribution in [0.15, 0.2) is 24.3 Å². The first-order chi connectivity index (χ1) is 12.1. The highest BCUT2D eigenvalue weighted by Gasteiger charge is 2.27. The number of nitrogens with one attached hydrogen (secondary N) is 1. The summed E-state index contributed by atoms with van der Waals surface area (Å²) in [6, 6.07) is 8.11. The van der Waals surface area contributed by atoms with Crippen molar-refractivity contribution >= 4 is 12.1 Å². The van der Waals surface area contributed by atoms with Crippen LogP contribution in [0, 0.1) is 6.92 Å². The van der Waals surface area contributed by atoms with Crippen LogP contribution in [0.1, 0.15) is 11.1 Å². The van der Waals surface area contributed by atoms with E-state index in [2.05, 4.69) is 5.32 Å². The highest BCUT2D eigenvalue weighted by molar-refractivity contribution is 5.76. The second kappa shape index (κ2) is 8.20. The van der Waals surface area contributed by atoms with Gasteiger partial charge in [0.05, 0.1) is 13.2 Å². The number of morpholine rings is 1. The molecule has 3 rings (SSSR count). The highest BCUT2D eigenvalue weighted by atomic mass is 16.5. The fourth-order valence-corrected chi connectivity index (χ4v) is 3.05. The van der Waals surface area contributed by atoms with Crippen LogP contribution in [-0.4, -0.2) is 79.2 Å². The van der Waals surface area contributed by atoms with Crippen LogP contribution in [0.2, 0.25) is 0 Å². The van der Waals surface area contributed by atoms with Gasteiger partial charge in [0.2, 0.25) is 0 Å². The van der Waals surface area contributed by atoms with Crippen LogP contribution in [0.4, 0.5) is 9.59 Å². The third-order valence-corrected chi connectivity index (χ3v) is 4.68. The minimum Gasteiger partial charge on any atom is -0.378 e. The molecule has 0 bridgehead atoms. The topological polar surface area (TPSA) is 65.1 Å². The molecule has 1 aromatic rings. The summed E-state index contributed by atoms with van der Waals surface area (Å²) in [6.07, 6.45) is 0. The van der Waals surface area contributed by atoms with E-state index in [1.165, 1.54) is 5.56 Å². The van der Waals surface area contributed by atoms with Crippen LogP contribution in [0.5, 0.6) is 0 Å². The van der Waals surface area contributed by atoms with Crippen LogP contribution in [0.25, 0.3) is 0 Å². The molecule has 25 heavy (non-hydrogen) atoms. The Morgan fingerprint density at radius 1 is 0.920 bits per heavy atom. The first-order valence-electron chi connectivity index (χ1n) is 8.83. The summed E-state index contributed by atoms with van der Waals surface area (Å²) in [7, 11) is 0. The number of rotatable bonds is 2. The van der Waals surface area contributed by atoms with Crippen molar-refractivity contribution in [1.29, 1.82) is 0 Å². The van der Waals surface area contributed by atoms with Gasteiger partial charge in [0, 0.05) is 45.8 Å². The Balaban J connectivity index is 1.42. The van der Waals surface area contributed by atoms with Crippen molar-refractivity contribution in [2.75, 3.05) is 52.5 Å². The van der Waals surface area contributed by atoms with E-state index >= 15 is 0 Å². The molecule has 136 valence electrons. The van der Waals surface area contributed by atoms with Gasteiger partial charge in [-0.25, -0.2) is 9.59 Å². The molecule has 0 aromatic heterocycles. The maximum absolute atomic E-state index is 12.4. The number of piperazine rings is 1. The molecule has 0 saturated carbocycles. The van der Waals surface area contributed by atoms with Gasteiger partial charge >= 0.3 is 12.1 Å². The van der Waals surface area contributed by atoms with E-state index in [0.717, 1.165) is 5.56 Å². The lowest BCUT2D eigenvalue weighted by Crippen LogP contribution is -2.56. The summed E-state index contributed by atoms with van der Waals surface area (Å²) in [4.78, 5) is 30.2. The molecule has 0 spiro atoms. The summed E-state index contributed by atoms with van der Waals surface area (Å²) >= 11 is 0. The van der Waals surface area contributed by atoms with E-state index in [9.17, 15) is 9.59 Å². The molecule has 0 aliphatic carbocycles. The molecule has 7 nitrogen and oxygen atoms in total. The van der Waals surface area contributed by atoms with Crippen LogP contribution >= 0.6 is 0 Å². The van der Waals surface area contributed by atoms with Gasteiger partial charge in [-0.2, -0.15) is 0 Å².